The van der Waals surface area contributed by atoms with Gasteiger partial charge in [-0.05, 0) is 35.0 Å². The van der Waals surface area contributed by atoms with Crippen LogP contribution in [0.25, 0.3) is 0 Å². The first-order valence-electron chi connectivity index (χ1n) is 5.47. The Hall–Kier alpha value is -1.65. The van der Waals surface area contributed by atoms with E-state index in [1.807, 2.05) is 0 Å². The lowest BCUT2D eigenvalue weighted by Gasteiger charge is -2.09. The van der Waals surface area contributed by atoms with Crippen LogP contribution in [0.3, 0.4) is 0 Å². The number of hydrogen-bond acceptors (Lipinski definition) is 6. The molecule has 0 aliphatic heterocycles. The van der Waals surface area contributed by atoms with Crippen molar-refractivity contribution in [2.45, 2.75) is 11.8 Å². The summed E-state index contributed by atoms with van der Waals surface area (Å²) in [6, 6.07) is 4.53. The lowest BCUT2D eigenvalue weighted by atomic mass is 10.2. The van der Waals surface area contributed by atoms with Gasteiger partial charge in [0.25, 0.3) is 15.7 Å². The molecule has 0 saturated heterocycles. The largest absolute Gasteiger partial charge is 0.506 e. The molecule has 0 fully saturated rings. The second-order valence-electron chi connectivity index (χ2n) is 4.04. The molecule has 2 rings (SSSR count). The molecule has 1 aromatic heterocycles. The van der Waals surface area contributed by atoms with Crippen LogP contribution in [0.15, 0.2) is 32.9 Å². The number of rotatable bonds is 4. The van der Waals surface area contributed by atoms with Crippen LogP contribution in [0.2, 0.25) is 0 Å². The molecule has 0 bridgehead atoms. The van der Waals surface area contributed by atoms with E-state index >= 15 is 0 Å². The Kier molecular flexibility index (Phi) is 4.21. The highest BCUT2D eigenvalue weighted by Crippen LogP contribution is 2.33. The van der Waals surface area contributed by atoms with E-state index in [4.69, 9.17) is 0 Å². The molecule has 1 aromatic carbocycles. The van der Waals surface area contributed by atoms with E-state index in [2.05, 4.69) is 20.7 Å². The zero-order valence-electron chi connectivity index (χ0n) is 10.5. The Morgan fingerprint density at radius 3 is 2.57 bits per heavy atom. The number of thiophene rings is 1. The predicted octanol–water partition coefficient (Wildman–Crippen LogP) is 3.23. The third kappa shape index (κ3) is 3.34. The Morgan fingerprint density at radius 2 is 2.05 bits per heavy atom. The average molecular weight is 393 g/mol. The molecule has 7 nitrogen and oxygen atoms in total. The number of hydrogen-bond donors (Lipinski definition) is 2. The summed E-state index contributed by atoms with van der Waals surface area (Å²) in [5.41, 5.74) is -0.570. The molecule has 0 radical (unpaired) electrons. The maximum atomic E-state index is 12.3. The molecule has 0 unspecified atom stereocenters. The summed E-state index contributed by atoms with van der Waals surface area (Å²) in [7, 11) is -3.94. The number of sulfonamides is 1. The van der Waals surface area contributed by atoms with E-state index in [0.29, 0.717) is 8.66 Å². The fourth-order valence-corrected chi connectivity index (χ4v) is 5.10. The number of phenols is 1. The van der Waals surface area contributed by atoms with Gasteiger partial charge >= 0.3 is 0 Å². The third-order valence-electron chi connectivity index (χ3n) is 2.57. The Morgan fingerprint density at radius 1 is 1.38 bits per heavy atom. The SMILES string of the molecule is Cc1sc(Br)cc1S(=O)(=O)Nc1cc([N+](=O)[O-])ccc1O. The molecule has 21 heavy (non-hydrogen) atoms. The molecule has 0 aliphatic carbocycles. The summed E-state index contributed by atoms with van der Waals surface area (Å²) in [5.74, 6) is -0.392. The first-order valence-corrected chi connectivity index (χ1v) is 8.56. The van der Waals surface area contributed by atoms with Crippen LogP contribution in [0.5, 0.6) is 5.75 Å². The van der Waals surface area contributed by atoms with Crippen LogP contribution in [-0.2, 0) is 10.0 Å². The van der Waals surface area contributed by atoms with E-state index in [1.54, 1.807) is 6.92 Å². The number of benzene rings is 1. The Balaban J connectivity index is 2.43. The number of nitrogens with one attached hydrogen (secondary N) is 1. The van der Waals surface area contributed by atoms with Crippen molar-refractivity contribution >= 4 is 48.7 Å². The van der Waals surface area contributed by atoms with Gasteiger partial charge in [-0.2, -0.15) is 0 Å². The van der Waals surface area contributed by atoms with Crippen LogP contribution in [0.1, 0.15) is 4.88 Å². The number of halogens is 1. The molecular weight excluding hydrogens is 384 g/mol. The maximum Gasteiger partial charge on any atom is 0.271 e. The van der Waals surface area contributed by atoms with Gasteiger partial charge in [0.2, 0.25) is 0 Å². The third-order valence-corrected chi connectivity index (χ3v) is 5.74. The maximum absolute atomic E-state index is 12.3. The molecular formula is C11H9BrN2O5S2. The topological polar surface area (TPSA) is 110 Å². The van der Waals surface area contributed by atoms with E-state index in [9.17, 15) is 23.6 Å². The van der Waals surface area contributed by atoms with Crippen molar-refractivity contribution in [1.82, 2.24) is 0 Å². The van der Waals surface area contributed by atoms with E-state index in [-0.39, 0.29) is 16.3 Å². The monoisotopic (exact) mass is 392 g/mol. The minimum Gasteiger partial charge on any atom is -0.506 e. The van der Waals surface area contributed by atoms with Crippen molar-refractivity contribution in [2.75, 3.05) is 4.72 Å². The molecule has 0 amide bonds. The van der Waals surface area contributed by atoms with Gasteiger partial charge in [-0.25, -0.2) is 8.42 Å². The van der Waals surface area contributed by atoms with Crippen molar-refractivity contribution < 1.29 is 18.4 Å². The summed E-state index contributed by atoms with van der Waals surface area (Å²) in [5, 5.41) is 20.3. The van der Waals surface area contributed by atoms with Gasteiger partial charge in [0.05, 0.1) is 14.4 Å². The average Bonchev–Trinajstić information content (AvgIpc) is 2.71. The number of non-ortho nitro benzene ring substituents is 1. The summed E-state index contributed by atoms with van der Waals surface area (Å²) < 4.78 is 27.3. The first-order chi connectivity index (χ1) is 9.70. The number of anilines is 1. The molecule has 0 aliphatic rings. The zero-order chi connectivity index (χ0) is 15.8. The van der Waals surface area contributed by atoms with E-state index in [1.165, 1.54) is 17.4 Å². The summed E-state index contributed by atoms with van der Waals surface area (Å²) >= 11 is 4.44. The number of nitro groups is 1. The lowest BCUT2D eigenvalue weighted by Crippen LogP contribution is -2.13. The van der Waals surface area contributed by atoms with Crippen molar-refractivity contribution in [1.29, 1.82) is 0 Å². The molecule has 10 heteroatoms. The second-order valence-corrected chi connectivity index (χ2v) is 8.32. The fraction of sp³-hybridized carbons (Fsp3) is 0.0909. The van der Waals surface area contributed by atoms with Crippen molar-refractivity contribution in [2.24, 2.45) is 0 Å². The Labute approximate surface area is 132 Å². The number of aromatic hydroxyl groups is 1. The number of nitrogens with zero attached hydrogens (tertiary/aromatic N) is 1. The van der Waals surface area contributed by atoms with Gasteiger partial charge in [-0.15, -0.1) is 11.3 Å². The van der Waals surface area contributed by atoms with Crippen molar-refractivity contribution in [3.8, 4) is 5.75 Å². The molecule has 0 spiro atoms. The van der Waals surface area contributed by atoms with Gasteiger partial charge in [0.15, 0.2) is 0 Å². The van der Waals surface area contributed by atoms with Gasteiger partial charge in [-0.3, -0.25) is 14.8 Å². The van der Waals surface area contributed by atoms with Gasteiger partial charge in [-0.1, -0.05) is 0 Å². The van der Waals surface area contributed by atoms with Gasteiger partial charge < -0.3 is 5.11 Å². The molecule has 2 aromatic rings. The standard InChI is InChI=1S/C11H9BrN2O5S2/c1-6-10(5-11(12)20-6)21(18,19)13-8-4-7(14(16)17)2-3-9(8)15/h2-5,13,15H,1H3. The summed E-state index contributed by atoms with van der Waals surface area (Å²) in [4.78, 5) is 10.6. The fourth-order valence-electron chi connectivity index (χ4n) is 1.62. The highest BCUT2D eigenvalue weighted by Gasteiger charge is 2.22. The highest BCUT2D eigenvalue weighted by molar-refractivity contribution is 9.11. The smallest absolute Gasteiger partial charge is 0.271 e. The van der Waals surface area contributed by atoms with Gasteiger partial charge in [0.1, 0.15) is 10.6 Å². The van der Waals surface area contributed by atoms with Gasteiger partial charge in [0, 0.05) is 17.0 Å². The van der Waals surface area contributed by atoms with E-state index in [0.717, 1.165) is 18.2 Å². The van der Waals surface area contributed by atoms with E-state index < -0.39 is 20.7 Å². The molecule has 0 atom stereocenters. The summed E-state index contributed by atoms with van der Waals surface area (Å²) in [6.45, 7) is 1.64. The quantitative estimate of drug-likeness (QED) is 0.471. The van der Waals surface area contributed by atoms with Crippen molar-refractivity contribution in [3.63, 3.8) is 0 Å². The van der Waals surface area contributed by atoms with Crippen LogP contribution >= 0.6 is 27.3 Å². The number of phenolic OH excluding ortho intramolecular Hbond substituents is 1. The summed E-state index contributed by atoms with van der Waals surface area (Å²) in [6.07, 6.45) is 0. The molecule has 0 saturated carbocycles. The van der Waals surface area contributed by atoms with Crippen LogP contribution in [-0.4, -0.2) is 18.4 Å². The van der Waals surface area contributed by atoms with Crippen LogP contribution < -0.4 is 4.72 Å². The number of nitro benzene ring substituents is 1. The first kappa shape index (κ1) is 15.7. The highest BCUT2D eigenvalue weighted by atomic mass is 79.9. The molecule has 1 heterocycles. The second kappa shape index (κ2) is 5.62. The minimum absolute atomic E-state index is 0.0466. The normalized spacial score (nSPS) is 11.3. The van der Waals surface area contributed by atoms with Crippen LogP contribution in [0.4, 0.5) is 11.4 Å². The minimum atomic E-state index is -3.94. The lowest BCUT2D eigenvalue weighted by molar-refractivity contribution is -0.384. The zero-order valence-corrected chi connectivity index (χ0v) is 13.8. The van der Waals surface area contributed by atoms with Crippen LogP contribution in [0, 0.1) is 17.0 Å². The predicted molar refractivity (Wildman–Crippen MR) is 82.3 cm³/mol. The Bertz CT molecular complexity index is 816. The van der Waals surface area contributed by atoms with Crippen molar-refractivity contribution in [3.05, 3.63) is 43.0 Å². The molecule has 112 valence electrons. The molecule has 2 N–H and O–H groups in total. The number of aryl methyl sites for hydroxylation is 1.